The van der Waals surface area contributed by atoms with Gasteiger partial charge >= 0.3 is 0 Å². The van der Waals surface area contributed by atoms with Gasteiger partial charge in [-0.15, -0.1) is 11.3 Å². The molecule has 6 heteroatoms. The van der Waals surface area contributed by atoms with Crippen molar-refractivity contribution >= 4 is 28.8 Å². The highest BCUT2D eigenvalue weighted by Crippen LogP contribution is 2.29. The van der Waals surface area contributed by atoms with E-state index in [0.717, 1.165) is 36.9 Å². The van der Waals surface area contributed by atoms with Crippen molar-refractivity contribution in [3.05, 3.63) is 52.2 Å². The molecule has 2 atom stereocenters. The van der Waals surface area contributed by atoms with Gasteiger partial charge in [0, 0.05) is 30.7 Å². The zero-order valence-corrected chi connectivity index (χ0v) is 19.0. The molecule has 3 N–H and O–H groups in total. The Labute approximate surface area is 183 Å². The number of carbonyl (C=O) groups excluding carboxylic acids is 2. The number of hydrogen-bond donors (Lipinski definition) is 2. The van der Waals surface area contributed by atoms with Crippen LogP contribution in [0.25, 0.3) is 0 Å². The van der Waals surface area contributed by atoms with Gasteiger partial charge in [0.1, 0.15) is 0 Å². The van der Waals surface area contributed by atoms with Gasteiger partial charge in [-0.25, -0.2) is 0 Å². The van der Waals surface area contributed by atoms with Gasteiger partial charge in [0.2, 0.25) is 5.91 Å². The molecule has 0 saturated heterocycles. The monoisotopic (exact) mass is 427 g/mol. The molecular formula is C24H33N3O2S. The molecule has 5 nitrogen and oxygen atoms in total. The second kappa shape index (κ2) is 9.75. The predicted octanol–water partition coefficient (Wildman–Crippen LogP) is 5.04. The summed E-state index contributed by atoms with van der Waals surface area (Å²) in [4.78, 5) is 28.5. The average Bonchev–Trinajstić information content (AvgIpc) is 3.21. The van der Waals surface area contributed by atoms with Crippen molar-refractivity contribution < 1.29 is 9.59 Å². The SMILES string of the molecule is CC(C)(C)CC(=O)N(Cc1ccccc1NC(=O)c1cccs1)C1CCCCC1N. The van der Waals surface area contributed by atoms with E-state index in [1.54, 1.807) is 0 Å². The van der Waals surface area contributed by atoms with Crippen LogP contribution in [0.2, 0.25) is 0 Å². The summed E-state index contributed by atoms with van der Waals surface area (Å²) in [6.45, 7) is 6.70. The molecular weight excluding hydrogens is 394 g/mol. The number of anilines is 1. The fourth-order valence-electron chi connectivity index (χ4n) is 4.03. The molecule has 1 aromatic heterocycles. The van der Waals surface area contributed by atoms with E-state index in [-0.39, 0.29) is 29.3 Å². The summed E-state index contributed by atoms with van der Waals surface area (Å²) in [7, 11) is 0. The van der Waals surface area contributed by atoms with Crippen LogP contribution in [0.3, 0.4) is 0 Å². The van der Waals surface area contributed by atoms with E-state index < -0.39 is 0 Å². The first kappa shape index (κ1) is 22.5. The van der Waals surface area contributed by atoms with Crippen LogP contribution in [0, 0.1) is 5.41 Å². The largest absolute Gasteiger partial charge is 0.334 e. The fraction of sp³-hybridized carbons (Fsp3) is 0.500. The van der Waals surface area contributed by atoms with Crippen LogP contribution in [0.15, 0.2) is 41.8 Å². The molecule has 0 bridgehead atoms. The van der Waals surface area contributed by atoms with Gasteiger partial charge in [-0.1, -0.05) is 57.9 Å². The lowest BCUT2D eigenvalue weighted by Gasteiger charge is -2.40. The zero-order chi connectivity index (χ0) is 21.7. The number of hydrogen-bond acceptors (Lipinski definition) is 4. The molecule has 1 aliphatic carbocycles. The normalized spacial score (nSPS) is 19.3. The maximum atomic E-state index is 13.3. The minimum Gasteiger partial charge on any atom is -0.334 e. The number of nitrogens with one attached hydrogen (secondary N) is 1. The van der Waals surface area contributed by atoms with Crippen molar-refractivity contribution in [3.8, 4) is 0 Å². The Kier molecular flexibility index (Phi) is 7.32. The molecule has 0 spiro atoms. The summed E-state index contributed by atoms with van der Waals surface area (Å²) >= 11 is 1.41. The van der Waals surface area contributed by atoms with E-state index >= 15 is 0 Å². The van der Waals surface area contributed by atoms with Gasteiger partial charge in [0.25, 0.3) is 5.91 Å². The number of nitrogens with zero attached hydrogens (tertiary/aromatic N) is 1. The highest BCUT2D eigenvalue weighted by atomic mass is 32.1. The number of para-hydroxylation sites is 1. The number of nitrogens with two attached hydrogens (primary N) is 1. The Morgan fingerprint density at radius 2 is 1.87 bits per heavy atom. The van der Waals surface area contributed by atoms with Crippen LogP contribution in [-0.2, 0) is 11.3 Å². The lowest BCUT2D eigenvalue weighted by Crippen LogP contribution is -2.52. The number of rotatable bonds is 6. The zero-order valence-electron chi connectivity index (χ0n) is 18.2. The lowest BCUT2D eigenvalue weighted by molar-refractivity contribution is -0.137. The summed E-state index contributed by atoms with van der Waals surface area (Å²) < 4.78 is 0. The summed E-state index contributed by atoms with van der Waals surface area (Å²) in [5, 5.41) is 4.91. The third kappa shape index (κ3) is 5.92. The first-order valence-electron chi connectivity index (χ1n) is 10.7. The molecule has 0 radical (unpaired) electrons. The second-order valence-electron chi connectivity index (χ2n) is 9.36. The van der Waals surface area contributed by atoms with Gasteiger partial charge in [0.15, 0.2) is 0 Å². The van der Waals surface area contributed by atoms with Crippen molar-refractivity contribution in [1.82, 2.24) is 4.90 Å². The van der Waals surface area contributed by atoms with Crippen molar-refractivity contribution in [3.63, 3.8) is 0 Å². The molecule has 1 aliphatic rings. The van der Waals surface area contributed by atoms with Gasteiger partial charge in [-0.05, 0) is 41.3 Å². The number of thiophene rings is 1. The van der Waals surface area contributed by atoms with Crippen LogP contribution in [0.1, 0.15) is 68.1 Å². The Hall–Kier alpha value is -2.18. The van der Waals surface area contributed by atoms with Crippen LogP contribution in [-0.4, -0.2) is 28.8 Å². The summed E-state index contributed by atoms with van der Waals surface area (Å²) in [5.74, 6) is 0.00335. The van der Waals surface area contributed by atoms with Crippen LogP contribution >= 0.6 is 11.3 Å². The Morgan fingerprint density at radius 3 is 2.53 bits per heavy atom. The van der Waals surface area contributed by atoms with E-state index in [2.05, 4.69) is 26.1 Å². The third-order valence-electron chi connectivity index (χ3n) is 5.54. The molecule has 1 aromatic carbocycles. The Bertz CT molecular complexity index is 858. The van der Waals surface area contributed by atoms with Gasteiger partial charge in [-0.2, -0.15) is 0 Å². The summed E-state index contributed by atoms with van der Waals surface area (Å²) in [6.07, 6.45) is 4.56. The molecule has 3 rings (SSSR count). The van der Waals surface area contributed by atoms with E-state index in [9.17, 15) is 9.59 Å². The fourth-order valence-corrected chi connectivity index (χ4v) is 4.65. The van der Waals surface area contributed by atoms with Gasteiger partial charge < -0.3 is 16.0 Å². The molecule has 162 valence electrons. The molecule has 0 aliphatic heterocycles. The van der Waals surface area contributed by atoms with Crippen molar-refractivity contribution in [1.29, 1.82) is 0 Å². The first-order valence-corrected chi connectivity index (χ1v) is 11.6. The maximum Gasteiger partial charge on any atom is 0.265 e. The van der Waals surface area contributed by atoms with E-state index in [1.807, 2.05) is 46.7 Å². The van der Waals surface area contributed by atoms with Crippen LogP contribution < -0.4 is 11.1 Å². The van der Waals surface area contributed by atoms with Crippen molar-refractivity contribution in [2.45, 2.75) is 71.5 Å². The minimum atomic E-state index is -0.126. The molecule has 1 saturated carbocycles. The topological polar surface area (TPSA) is 75.4 Å². The van der Waals surface area contributed by atoms with Crippen LogP contribution in [0.4, 0.5) is 5.69 Å². The highest BCUT2D eigenvalue weighted by Gasteiger charge is 2.33. The minimum absolute atomic E-state index is 0.00413. The van der Waals surface area contributed by atoms with E-state index in [0.29, 0.717) is 17.8 Å². The molecule has 2 unspecified atom stereocenters. The predicted molar refractivity (Wildman–Crippen MR) is 124 cm³/mol. The Morgan fingerprint density at radius 1 is 1.13 bits per heavy atom. The van der Waals surface area contributed by atoms with Gasteiger partial charge in [0.05, 0.1) is 4.88 Å². The second-order valence-corrected chi connectivity index (χ2v) is 10.3. The Balaban J connectivity index is 1.85. The van der Waals surface area contributed by atoms with Crippen molar-refractivity contribution in [2.24, 2.45) is 11.1 Å². The highest BCUT2D eigenvalue weighted by molar-refractivity contribution is 7.12. The smallest absolute Gasteiger partial charge is 0.265 e. The van der Waals surface area contributed by atoms with E-state index in [4.69, 9.17) is 5.73 Å². The molecule has 1 heterocycles. The standard InChI is InChI=1S/C24H33N3O2S/c1-24(2,3)15-22(28)27(20-12-7-5-10-18(20)25)16-17-9-4-6-11-19(17)26-23(29)21-13-8-14-30-21/h4,6,8-9,11,13-14,18,20H,5,7,10,12,15-16,25H2,1-3H3,(H,26,29). The third-order valence-corrected chi connectivity index (χ3v) is 6.40. The first-order chi connectivity index (χ1) is 14.2. The number of carbonyl (C=O) groups is 2. The van der Waals surface area contributed by atoms with Gasteiger partial charge in [-0.3, -0.25) is 9.59 Å². The molecule has 30 heavy (non-hydrogen) atoms. The molecule has 2 aromatic rings. The molecule has 2 amide bonds. The van der Waals surface area contributed by atoms with E-state index in [1.165, 1.54) is 11.3 Å². The summed E-state index contributed by atoms with van der Waals surface area (Å²) in [5.41, 5.74) is 8.04. The van der Waals surface area contributed by atoms with Crippen LogP contribution in [0.5, 0.6) is 0 Å². The average molecular weight is 428 g/mol. The number of amides is 2. The lowest BCUT2D eigenvalue weighted by atomic mass is 9.87. The molecule has 1 fully saturated rings. The quantitative estimate of drug-likeness (QED) is 0.678. The summed E-state index contributed by atoms with van der Waals surface area (Å²) in [6, 6.07) is 11.4. The number of benzene rings is 1. The maximum absolute atomic E-state index is 13.3. The van der Waals surface area contributed by atoms with Crippen molar-refractivity contribution in [2.75, 3.05) is 5.32 Å².